The first-order valence-electron chi connectivity index (χ1n) is 5.10. The molecule has 0 unspecified atom stereocenters. The van der Waals surface area contributed by atoms with Gasteiger partial charge in [-0.2, -0.15) is 10.2 Å². The molecule has 2 rings (SSSR count). The number of rotatable bonds is 0. The van der Waals surface area contributed by atoms with E-state index < -0.39 is 0 Å². The van der Waals surface area contributed by atoms with Crippen molar-refractivity contribution in [2.45, 2.75) is 40.0 Å². The van der Waals surface area contributed by atoms with Crippen LogP contribution in [-0.2, 0) is 5.41 Å². The van der Waals surface area contributed by atoms with Gasteiger partial charge in [0.15, 0.2) is 5.65 Å². The van der Waals surface area contributed by atoms with Crippen molar-refractivity contribution < 1.29 is 0 Å². The largest absolute Gasteiger partial charge is 0.216 e. The summed E-state index contributed by atoms with van der Waals surface area (Å²) in [6.07, 6.45) is 0. The van der Waals surface area contributed by atoms with Crippen molar-refractivity contribution >= 4 is 5.65 Å². The van der Waals surface area contributed by atoms with Crippen LogP contribution in [-0.4, -0.2) is 19.8 Å². The second kappa shape index (κ2) is 3.02. The normalized spacial score (nSPS) is 12.3. The predicted molar refractivity (Wildman–Crippen MR) is 59.0 cm³/mol. The van der Waals surface area contributed by atoms with Gasteiger partial charge < -0.3 is 0 Å². The van der Waals surface area contributed by atoms with Crippen molar-refractivity contribution in [2.75, 3.05) is 0 Å². The molecule has 0 bridgehead atoms. The van der Waals surface area contributed by atoms with Crippen LogP contribution in [0.4, 0.5) is 0 Å². The standard InChI is InChI=1S/C11H16N4/c1-7-6-9-12-13-10(11(3,4)5)8(2)15(9)14-7/h6H,1-5H3. The van der Waals surface area contributed by atoms with E-state index in [2.05, 4.69) is 36.1 Å². The molecular formula is C11H16N4. The van der Waals surface area contributed by atoms with E-state index in [1.165, 1.54) is 0 Å². The highest BCUT2D eigenvalue weighted by molar-refractivity contribution is 5.40. The number of aryl methyl sites for hydroxylation is 2. The molecule has 4 nitrogen and oxygen atoms in total. The molecule has 2 heterocycles. The Hall–Kier alpha value is -1.45. The third-order valence-corrected chi connectivity index (χ3v) is 2.44. The van der Waals surface area contributed by atoms with Gasteiger partial charge in [-0.3, -0.25) is 0 Å². The number of nitrogens with zero attached hydrogens (tertiary/aromatic N) is 4. The van der Waals surface area contributed by atoms with Gasteiger partial charge >= 0.3 is 0 Å². The summed E-state index contributed by atoms with van der Waals surface area (Å²) in [4.78, 5) is 0. The van der Waals surface area contributed by atoms with Crippen LogP contribution in [0.5, 0.6) is 0 Å². The van der Waals surface area contributed by atoms with E-state index in [0.717, 1.165) is 22.7 Å². The SMILES string of the molecule is Cc1cc2nnc(C(C)(C)C)c(C)n2n1. The minimum atomic E-state index is 0.00509. The van der Waals surface area contributed by atoms with Crippen molar-refractivity contribution in [3.63, 3.8) is 0 Å². The van der Waals surface area contributed by atoms with Crippen molar-refractivity contribution in [2.24, 2.45) is 0 Å². The first-order chi connectivity index (χ1) is 6.89. The van der Waals surface area contributed by atoms with Gasteiger partial charge in [0, 0.05) is 11.5 Å². The fraction of sp³-hybridized carbons (Fsp3) is 0.545. The lowest BCUT2D eigenvalue weighted by Crippen LogP contribution is -2.19. The van der Waals surface area contributed by atoms with Gasteiger partial charge in [-0.05, 0) is 13.8 Å². The van der Waals surface area contributed by atoms with Crippen LogP contribution < -0.4 is 0 Å². The Balaban J connectivity index is 2.75. The maximum atomic E-state index is 4.40. The Morgan fingerprint density at radius 1 is 1.13 bits per heavy atom. The molecule has 80 valence electrons. The maximum absolute atomic E-state index is 4.40. The lowest BCUT2D eigenvalue weighted by Gasteiger charge is -2.19. The Kier molecular flexibility index (Phi) is 2.03. The zero-order valence-electron chi connectivity index (χ0n) is 9.87. The second-order valence-electron chi connectivity index (χ2n) is 4.94. The summed E-state index contributed by atoms with van der Waals surface area (Å²) in [5, 5.41) is 12.9. The van der Waals surface area contributed by atoms with E-state index in [1.807, 2.05) is 24.4 Å². The van der Waals surface area contributed by atoms with Crippen LogP contribution in [0, 0.1) is 13.8 Å². The van der Waals surface area contributed by atoms with Crippen molar-refractivity contribution in [1.29, 1.82) is 0 Å². The van der Waals surface area contributed by atoms with Gasteiger partial charge in [0.1, 0.15) is 0 Å². The molecule has 0 N–H and O–H groups in total. The molecule has 15 heavy (non-hydrogen) atoms. The summed E-state index contributed by atoms with van der Waals surface area (Å²) >= 11 is 0. The summed E-state index contributed by atoms with van der Waals surface area (Å²) in [6.45, 7) is 10.4. The smallest absolute Gasteiger partial charge is 0.177 e. The highest BCUT2D eigenvalue weighted by Gasteiger charge is 2.21. The molecule has 0 spiro atoms. The van der Waals surface area contributed by atoms with Gasteiger partial charge in [0.2, 0.25) is 0 Å². The molecule has 2 aromatic heterocycles. The third kappa shape index (κ3) is 1.60. The fourth-order valence-electron chi connectivity index (χ4n) is 1.77. The molecule has 0 atom stereocenters. The predicted octanol–water partition coefficient (Wildman–Crippen LogP) is 2.04. The lowest BCUT2D eigenvalue weighted by molar-refractivity contribution is 0.543. The summed E-state index contributed by atoms with van der Waals surface area (Å²) in [5.41, 5.74) is 3.86. The minimum absolute atomic E-state index is 0.00509. The first-order valence-corrected chi connectivity index (χ1v) is 5.10. The molecule has 0 aromatic carbocycles. The average molecular weight is 204 g/mol. The van der Waals surface area contributed by atoms with Gasteiger partial charge in [0.25, 0.3) is 0 Å². The average Bonchev–Trinajstić information content (AvgIpc) is 2.44. The van der Waals surface area contributed by atoms with Crippen LogP contribution in [0.3, 0.4) is 0 Å². The molecule has 0 aliphatic rings. The molecular weight excluding hydrogens is 188 g/mol. The van der Waals surface area contributed by atoms with Gasteiger partial charge in [-0.1, -0.05) is 20.8 Å². The van der Waals surface area contributed by atoms with Crippen molar-refractivity contribution in [1.82, 2.24) is 19.8 Å². The monoisotopic (exact) mass is 204 g/mol. The molecule has 0 radical (unpaired) electrons. The van der Waals surface area contributed by atoms with Crippen LogP contribution in [0.1, 0.15) is 37.9 Å². The maximum Gasteiger partial charge on any atom is 0.177 e. The Bertz CT molecular complexity index is 505. The molecule has 0 aliphatic heterocycles. The third-order valence-electron chi connectivity index (χ3n) is 2.44. The summed E-state index contributed by atoms with van der Waals surface area (Å²) in [6, 6.07) is 1.94. The summed E-state index contributed by atoms with van der Waals surface area (Å²) in [7, 11) is 0. The minimum Gasteiger partial charge on any atom is -0.216 e. The topological polar surface area (TPSA) is 43.1 Å². The molecule has 0 saturated heterocycles. The van der Waals surface area contributed by atoms with Gasteiger partial charge in [-0.25, -0.2) is 4.52 Å². The molecule has 0 amide bonds. The molecule has 2 aromatic rings. The summed E-state index contributed by atoms with van der Waals surface area (Å²) in [5.74, 6) is 0. The van der Waals surface area contributed by atoms with Gasteiger partial charge in [0.05, 0.1) is 17.1 Å². The second-order valence-corrected chi connectivity index (χ2v) is 4.94. The molecule has 0 saturated carbocycles. The molecule has 0 aliphatic carbocycles. The zero-order valence-corrected chi connectivity index (χ0v) is 9.87. The van der Waals surface area contributed by atoms with E-state index in [9.17, 15) is 0 Å². The quantitative estimate of drug-likeness (QED) is 0.659. The highest BCUT2D eigenvalue weighted by Crippen LogP contribution is 2.22. The van der Waals surface area contributed by atoms with Gasteiger partial charge in [-0.15, -0.1) is 5.10 Å². The fourth-order valence-corrected chi connectivity index (χ4v) is 1.77. The number of hydrogen-bond acceptors (Lipinski definition) is 3. The van der Waals surface area contributed by atoms with E-state index in [-0.39, 0.29) is 5.41 Å². The first kappa shape index (κ1) is 10.1. The number of hydrogen-bond donors (Lipinski definition) is 0. The highest BCUT2D eigenvalue weighted by atomic mass is 15.3. The Morgan fingerprint density at radius 2 is 1.80 bits per heavy atom. The van der Waals surface area contributed by atoms with Crippen LogP contribution >= 0.6 is 0 Å². The van der Waals surface area contributed by atoms with E-state index in [0.29, 0.717) is 0 Å². The Labute approximate surface area is 89.3 Å². The van der Waals surface area contributed by atoms with Crippen LogP contribution in [0.25, 0.3) is 5.65 Å². The van der Waals surface area contributed by atoms with E-state index in [1.54, 1.807) is 0 Å². The lowest BCUT2D eigenvalue weighted by atomic mass is 9.91. The zero-order chi connectivity index (χ0) is 11.2. The van der Waals surface area contributed by atoms with E-state index in [4.69, 9.17) is 0 Å². The Morgan fingerprint density at radius 3 is 2.40 bits per heavy atom. The molecule has 0 fully saturated rings. The van der Waals surface area contributed by atoms with Crippen LogP contribution in [0.2, 0.25) is 0 Å². The number of aromatic nitrogens is 4. The van der Waals surface area contributed by atoms with Crippen LogP contribution in [0.15, 0.2) is 6.07 Å². The number of fused-ring (bicyclic) bond motifs is 1. The van der Waals surface area contributed by atoms with Crippen molar-refractivity contribution in [3.05, 3.63) is 23.1 Å². The van der Waals surface area contributed by atoms with Crippen molar-refractivity contribution in [3.8, 4) is 0 Å². The summed E-state index contributed by atoms with van der Waals surface area (Å²) < 4.78 is 1.86. The van der Waals surface area contributed by atoms with E-state index >= 15 is 0 Å². The molecule has 4 heteroatoms.